The van der Waals surface area contributed by atoms with Crippen molar-refractivity contribution in [2.75, 3.05) is 26.2 Å². The van der Waals surface area contributed by atoms with E-state index in [0.717, 1.165) is 24.1 Å². The minimum absolute atomic E-state index is 0.0218. The van der Waals surface area contributed by atoms with Crippen molar-refractivity contribution in [3.63, 3.8) is 0 Å². The highest BCUT2D eigenvalue weighted by molar-refractivity contribution is 5.81. The first-order chi connectivity index (χ1) is 10.2. The van der Waals surface area contributed by atoms with E-state index < -0.39 is 6.10 Å². The van der Waals surface area contributed by atoms with Gasteiger partial charge in [0, 0.05) is 26.2 Å². The summed E-state index contributed by atoms with van der Waals surface area (Å²) in [4.78, 5) is 26.5. The minimum atomic E-state index is -0.513. The molecule has 0 radical (unpaired) electrons. The van der Waals surface area contributed by atoms with Crippen LogP contribution >= 0.6 is 0 Å². The van der Waals surface area contributed by atoms with Crippen LogP contribution in [0, 0.1) is 0 Å². The maximum atomic E-state index is 12.4. The van der Waals surface area contributed by atoms with Crippen molar-refractivity contribution in [3.05, 3.63) is 29.8 Å². The second kappa shape index (κ2) is 7.11. The van der Waals surface area contributed by atoms with E-state index in [4.69, 9.17) is 4.74 Å². The van der Waals surface area contributed by atoms with Gasteiger partial charge in [-0.15, -0.1) is 0 Å². The van der Waals surface area contributed by atoms with Gasteiger partial charge in [-0.1, -0.05) is 25.1 Å². The van der Waals surface area contributed by atoms with E-state index in [1.165, 1.54) is 0 Å². The summed E-state index contributed by atoms with van der Waals surface area (Å²) in [6, 6.07) is 7.79. The number of benzene rings is 1. The van der Waals surface area contributed by atoms with Crippen LogP contribution in [0.3, 0.4) is 0 Å². The molecule has 5 heteroatoms. The summed E-state index contributed by atoms with van der Waals surface area (Å²) < 4.78 is 5.83. The SMILES string of the molecule is CCc1ccccc1O[C@@H](C)C(=O)N1CCN(C=O)CC1. The maximum Gasteiger partial charge on any atom is 0.263 e. The van der Waals surface area contributed by atoms with Gasteiger partial charge in [0.25, 0.3) is 5.91 Å². The molecule has 0 N–H and O–H groups in total. The average Bonchev–Trinajstić information content (AvgIpc) is 2.54. The van der Waals surface area contributed by atoms with Crippen LogP contribution in [0.15, 0.2) is 24.3 Å². The molecule has 114 valence electrons. The molecule has 0 spiro atoms. The first-order valence-electron chi connectivity index (χ1n) is 7.38. The zero-order valence-corrected chi connectivity index (χ0v) is 12.6. The lowest BCUT2D eigenvalue weighted by molar-refractivity contribution is -0.141. The molecule has 1 heterocycles. The molecule has 21 heavy (non-hydrogen) atoms. The van der Waals surface area contributed by atoms with Crippen LogP contribution in [-0.4, -0.2) is 54.4 Å². The molecule has 1 aromatic rings. The van der Waals surface area contributed by atoms with Crippen molar-refractivity contribution < 1.29 is 14.3 Å². The molecule has 0 aliphatic carbocycles. The van der Waals surface area contributed by atoms with Crippen molar-refractivity contribution >= 4 is 12.3 Å². The third-order valence-electron chi connectivity index (χ3n) is 3.78. The summed E-state index contributed by atoms with van der Waals surface area (Å²) in [5.74, 6) is 0.749. The number of ether oxygens (including phenoxy) is 1. The van der Waals surface area contributed by atoms with E-state index in [1.807, 2.05) is 24.3 Å². The molecule has 2 amide bonds. The molecule has 1 aliphatic heterocycles. The number of rotatable bonds is 5. The Labute approximate surface area is 125 Å². The van der Waals surface area contributed by atoms with Crippen LogP contribution in [0.4, 0.5) is 0 Å². The normalized spacial score (nSPS) is 16.5. The van der Waals surface area contributed by atoms with Gasteiger partial charge in [0.1, 0.15) is 5.75 Å². The van der Waals surface area contributed by atoms with Crippen LogP contribution in [-0.2, 0) is 16.0 Å². The molecule has 0 aromatic heterocycles. The first-order valence-corrected chi connectivity index (χ1v) is 7.38. The van der Waals surface area contributed by atoms with Crippen LogP contribution in [0.2, 0.25) is 0 Å². The molecular weight excluding hydrogens is 268 g/mol. The fourth-order valence-corrected chi connectivity index (χ4v) is 2.46. The Morgan fingerprint density at radius 1 is 1.29 bits per heavy atom. The lowest BCUT2D eigenvalue weighted by atomic mass is 10.1. The van der Waals surface area contributed by atoms with Crippen molar-refractivity contribution in [2.45, 2.75) is 26.4 Å². The molecule has 1 fully saturated rings. The van der Waals surface area contributed by atoms with Gasteiger partial charge in [-0.25, -0.2) is 0 Å². The molecule has 0 saturated carbocycles. The highest BCUT2D eigenvalue weighted by atomic mass is 16.5. The maximum absolute atomic E-state index is 12.4. The summed E-state index contributed by atoms with van der Waals surface area (Å²) in [6.07, 6.45) is 1.19. The first kappa shape index (κ1) is 15.4. The number of amides is 2. The van der Waals surface area contributed by atoms with Crippen molar-refractivity contribution in [2.24, 2.45) is 0 Å². The summed E-state index contributed by atoms with van der Waals surface area (Å²) in [7, 11) is 0. The molecule has 0 unspecified atom stereocenters. The number of hydrogen-bond acceptors (Lipinski definition) is 3. The number of carbonyl (C=O) groups is 2. The third kappa shape index (κ3) is 3.74. The standard InChI is InChI=1S/C16H22N2O3/c1-3-14-6-4-5-7-15(14)21-13(2)16(20)18-10-8-17(12-19)9-11-18/h4-7,12-13H,3,8-11H2,1-2H3/t13-/m0/s1. The Bertz CT molecular complexity index is 496. The van der Waals surface area contributed by atoms with E-state index in [2.05, 4.69) is 6.92 Å². The quantitative estimate of drug-likeness (QED) is 0.768. The van der Waals surface area contributed by atoms with Gasteiger partial charge in [0.05, 0.1) is 0 Å². The zero-order valence-electron chi connectivity index (χ0n) is 12.6. The average molecular weight is 290 g/mol. The number of carbonyl (C=O) groups excluding carboxylic acids is 2. The highest BCUT2D eigenvalue weighted by Gasteiger charge is 2.25. The lowest BCUT2D eigenvalue weighted by Crippen LogP contribution is -2.51. The van der Waals surface area contributed by atoms with Crippen LogP contribution in [0.1, 0.15) is 19.4 Å². The zero-order chi connectivity index (χ0) is 15.2. The fraction of sp³-hybridized carbons (Fsp3) is 0.500. The van der Waals surface area contributed by atoms with E-state index >= 15 is 0 Å². The number of nitrogens with zero attached hydrogens (tertiary/aromatic N) is 2. The molecule has 1 aromatic carbocycles. The van der Waals surface area contributed by atoms with E-state index in [0.29, 0.717) is 26.2 Å². The van der Waals surface area contributed by atoms with Crippen LogP contribution in [0.25, 0.3) is 0 Å². The van der Waals surface area contributed by atoms with Crippen molar-refractivity contribution in [1.29, 1.82) is 0 Å². The summed E-state index contributed by atoms with van der Waals surface area (Å²) in [5.41, 5.74) is 1.10. The smallest absolute Gasteiger partial charge is 0.263 e. The summed E-state index contributed by atoms with van der Waals surface area (Å²) in [6.45, 7) is 6.16. The molecule has 5 nitrogen and oxygen atoms in total. The second-order valence-electron chi connectivity index (χ2n) is 5.19. The van der Waals surface area contributed by atoms with E-state index in [1.54, 1.807) is 16.7 Å². The summed E-state index contributed by atoms with van der Waals surface area (Å²) in [5, 5.41) is 0. The van der Waals surface area contributed by atoms with Crippen molar-refractivity contribution in [3.8, 4) is 5.75 Å². The largest absolute Gasteiger partial charge is 0.481 e. The molecule has 1 aliphatic rings. The highest BCUT2D eigenvalue weighted by Crippen LogP contribution is 2.20. The molecule has 1 atom stereocenters. The second-order valence-corrected chi connectivity index (χ2v) is 5.19. The molecular formula is C16H22N2O3. The van der Waals surface area contributed by atoms with Gasteiger partial charge in [-0.3, -0.25) is 9.59 Å². The molecule has 1 saturated heterocycles. The topological polar surface area (TPSA) is 49.9 Å². The van der Waals surface area contributed by atoms with E-state index in [-0.39, 0.29) is 5.91 Å². The van der Waals surface area contributed by atoms with E-state index in [9.17, 15) is 9.59 Å². The Morgan fingerprint density at radius 3 is 2.57 bits per heavy atom. The van der Waals surface area contributed by atoms with Crippen LogP contribution < -0.4 is 4.74 Å². The summed E-state index contributed by atoms with van der Waals surface area (Å²) >= 11 is 0. The van der Waals surface area contributed by atoms with Gasteiger partial charge >= 0.3 is 0 Å². The number of piperazine rings is 1. The predicted molar refractivity (Wildman–Crippen MR) is 80.1 cm³/mol. The Kier molecular flexibility index (Phi) is 5.20. The number of aryl methyl sites for hydroxylation is 1. The Balaban J connectivity index is 1.95. The third-order valence-corrected chi connectivity index (χ3v) is 3.78. The molecule has 2 rings (SSSR count). The van der Waals surface area contributed by atoms with Gasteiger partial charge in [-0.05, 0) is 25.0 Å². The Hall–Kier alpha value is -2.04. The van der Waals surface area contributed by atoms with Gasteiger partial charge in [0.15, 0.2) is 6.10 Å². The minimum Gasteiger partial charge on any atom is -0.481 e. The number of hydrogen-bond donors (Lipinski definition) is 0. The predicted octanol–water partition coefficient (Wildman–Crippen LogP) is 1.32. The van der Waals surface area contributed by atoms with Crippen LogP contribution in [0.5, 0.6) is 5.75 Å². The fourth-order valence-electron chi connectivity index (χ4n) is 2.46. The number of para-hydroxylation sites is 1. The monoisotopic (exact) mass is 290 g/mol. The lowest BCUT2D eigenvalue weighted by Gasteiger charge is -2.34. The molecule has 0 bridgehead atoms. The van der Waals surface area contributed by atoms with Gasteiger partial charge < -0.3 is 14.5 Å². The van der Waals surface area contributed by atoms with Gasteiger partial charge in [-0.2, -0.15) is 0 Å². The Morgan fingerprint density at radius 2 is 1.95 bits per heavy atom. The van der Waals surface area contributed by atoms with Crippen molar-refractivity contribution in [1.82, 2.24) is 9.80 Å². The van der Waals surface area contributed by atoms with Gasteiger partial charge in [0.2, 0.25) is 6.41 Å².